The third-order valence-corrected chi connectivity index (χ3v) is 10.2. The molecule has 0 radical (unpaired) electrons. The van der Waals surface area contributed by atoms with Crippen LogP contribution >= 0.6 is 23.3 Å². The van der Waals surface area contributed by atoms with Crippen LogP contribution in [0.4, 0.5) is 5.13 Å². The van der Waals surface area contributed by atoms with Crippen LogP contribution in [0.3, 0.4) is 0 Å². The van der Waals surface area contributed by atoms with Crippen LogP contribution in [0.25, 0.3) is 0 Å². The van der Waals surface area contributed by atoms with Gasteiger partial charge >= 0.3 is 0 Å². The molecular formula is C36H29N7O5S2. The number of aliphatic carboxylic acids is 1. The topological polar surface area (TPSA) is 167 Å². The van der Waals surface area contributed by atoms with Gasteiger partial charge in [-0.1, -0.05) is 102 Å². The Bertz CT molecular complexity index is 2000. The average molecular weight is 704 g/mol. The molecule has 7 rings (SSSR count). The molecule has 2 aliphatic heterocycles. The number of carbonyl (C=O) groups excluding carboxylic acids is 3. The second-order valence-electron chi connectivity index (χ2n) is 11.4. The Kier molecular flexibility index (Phi) is 9.11. The molecule has 2 amide bonds. The SMILES string of the molecule is Nc1nc(/C(=N/OC(c2ccccc2)(c2ccccc2)c2ccccc2)C(=O)NC2C(=O)N3C(C(=O)[O-])=C(C[n+]4ccccc4)CS[C@H]23)ns1. The molecule has 0 saturated carbocycles. The molecule has 4 heterocycles. The lowest BCUT2D eigenvalue weighted by Crippen LogP contribution is -2.71. The first-order valence-electron chi connectivity index (χ1n) is 15.5. The van der Waals surface area contributed by atoms with Crippen LogP contribution in [0, 0.1) is 0 Å². The van der Waals surface area contributed by atoms with Gasteiger partial charge in [0.05, 0.1) is 11.7 Å². The lowest BCUT2D eigenvalue weighted by molar-refractivity contribution is -0.689. The molecule has 3 N–H and O–H groups in total. The van der Waals surface area contributed by atoms with E-state index in [0.29, 0.717) is 11.3 Å². The number of carboxylic acids is 1. The van der Waals surface area contributed by atoms with Gasteiger partial charge in [0, 0.05) is 51.7 Å². The summed E-state index contributed by atoms with van der Waals surface area (Å²) in [5, 5.41) is 18.9. The zero-order valence-electron chi connectivity index (χ0n) is 26.3. The van der Waals surface area contributed by atoms with Crippen molar-refractivity contribution in [1.82, 2.24) is 19.6 Å². The number of hydrogen-bond donors (Lipinski definition) is 2. The standard InChI is InChI=1S/C36H29N7O5S2/c37-35-39-30(41-50-35)27(40-48-36(24-13-5-1-6-14-24,25-15-7-2-8-16-25)26-17-9-3-10-18-26)31(44)38-28-32(45)43-29(34(46)47)23(22-49-33(28)43)21-42-19-11-4-12-20-42/h1-20,28,33H,21-22H2,(H3-,37,38,39,41,44,46,47)/b40-27-/t28?,33-/m1/s1. The van der Waals surface area contributed by atoms with Gasteiger partial charge in [0.2, 0.25) is 17.1 Å². The van der Waals surface area contributed by atoms with Gasteiger partial charge in [-0.2, -0.15) is 9.36 Å². The first kappa shape index (κ1) is 32.7. The maximum Gasteiger partial charge on any atom is 0.278 e. The van der Waals surface area contributed by atoms with Gasteiger partial charge in [0.15, 0.2) is 24.1 Å². The molecule has 1 unspecified atom stereocenters. The summed E-state index contributed by atoms with van der Waals surface area (Å²) in [6, 6.07) is 32.9. The summed E-state index contributed by atoms with van der Waals surface area (Å²) < 4.78 is 6.05. The number of amides is 2. The zero-order valence-corrected chi connectivity index (χ0v) is 27.9. The highest BCUT2D eigenvalue weighted by molar-refractivity contribution is 8.00. The Hall–Kier alpha value is -5.86. The fourth-order valence-corrected chi connectivity index (χ4v) is 7.84. The fraction of sp³-hybridized carbons (Fsp3) is 0.139. The van der Waals surface area contributed by atoms with E-state index in [4.69, 9.17) is 10.6 Å². The van der Waals surface area contributed by atoms with Crippen LogP contribution in [0.1, 0.15) is 22.5 Å². The predicted molar refractivity (Wildman–Crippen MR) is 185 cm³/mol. The number of carboxylic acid groups (broad SMARTS) is 1. The van der Waals surface area contributed by atoms with Crippen LogP contribution in [0.15, 0.2) is 138 Å². The number of fused-ring (bicyclic) bond motifs is 1. The van der Waals surface area contributed by atoms with E-state index in [1.54, 1.807) is 0 Å². The molecule has 50 heavy (non-hydrogen) atoms. The molecule has 2 aliphatic rings. The van der Waals surface area contributed by atoms with Gasteiger partial charge in [-0.3, -0.25) is 14.5 Å². The predicted octanol–water partition coefficient (Wildman–Crippen LogP) is 2.22. The second-order valence-corrected chi connectivity index (χ2v) is 13.3. The van der Waals surface area contributed by atoms with Crippen LogP contribution in [0.5, 0.6) is 0 Å². The maximum absolute atomic E-state index is 14.1. The molecule has 12 nitrogen and oxygen atoms in total. The van der Waals surface area contributed by atoms with Crippen LogP contribution in [-0.4, -0.2) is 54.9 Å². The summed E-state index contributed by atoms with van der Waals surface area (Å²) in [6.45, 7) is 0.266. The smallest absolute Gasteiger partial charge is 0.278 e. The Morgan fingerprint density at radius 1 is 0.940 bits per heavy atom. The number of nitrogens with two attached hydrogens (primary N) is 1. The summed E-state index contributed by atoms with van der Waals surface area (Å²) >= 11 is 2.22. The third-order valence-electron chi connectivity index (χ3n) is 8.36. The molecule has 3 aromatic carbocycles. The Morgan fingerprint density at radius 3 is 2.02 bits per heavy atom. The van der Waals surface area contributed by atoms with E-state index >= 15 is 0 Å². The summed E-state index contributed by atoms with van der Waals surface area (Å²) in [4.78, 5) is 51.8. The second kappa shape index (κ2) is 13.9. The lowest BCUT2D eigenvalue weighted by Gasteiger charge is -2.50. The van der Waals surface area contributed by atoms with Crippen molar-refractivity contribution in [2.45, 2.75) is 23.6 Å². The highest BCUT2D eigenvalue weighted by atomic mass is 32.2. The van der Waals surface area contributed by atoms with Gasteiger partial charge in [0.25, 0.3) is 11.8 Å². The molecule has 1 fully saturated rings. The number of carbonyl (C=O) groups is 3. The van der Waals surface area contributed by atoms with Crippen LogP contribution in [-0.2, 0) is 31.4 Å². The number of nitrogens with zero attached hydrogens (tertiary/aromatic N) is 5. The Morgan fingerprint density at radius 2 is 1.50 bits per heavy atom. The average Bonchev–Trinajstić information content (AvgIpc) is 3.59. The van der Waals surface area contributed by atoms with Crippen molar-refractivity contribution < 1.29 is 28.9 Å². The first-order chi connectivity index (χ1) is 24.4. The van der Waals surface area contributed by atoms with E-state index in [1.165, 1.54) is 16.7 Å². The van der Waals surface area contributed by atoms with Crippen molar-refractivity contribution in [3.8, 4) is 0 Å². The number of oxime groups is 1. The van der Waals surface area contributed by atoms with Gasteiger partial charge in [0.1, 0.15) is 11.4 Å². The molecule has 5 aromatic rings. The highest BCUT2D eigenvalue weighted by Gasteiger charge is 2.53. The highest BCUT2D eigenvalue weighted by Crippen LogP contribution is 2.42. The van der Waals surface area contributed by atoms with Gasteiger partial charge in [-0.25, -0.2) is 4.57 Å². The summed E-state index contributed by atoms with van der Waals surface area (Å²) in [6.07, 6.45) is 3.61. The van der Waals surface area contributed by atoms with E-state index in [0.717, 1.165) is 28.2 Å². The minimum atomic E-state index is -1.46. The number of benzene rings is 3. The molecule has 2 atom stereocenters. The van der Waals surface area contributed by atoms with Crippen molar-refractivity contribution >= 4 is 51.9 Å². The summed E-state index contributed by atoms with van der Waals surface area (Å²) in [5.74, 6) is -2.63. The molecule has 250 valence electrons. The van der Waals surface area contributed by atoms with Crippen molar-refractivity contribution in [3.63, 3.8) is 0 Å². The van der Waals surface area contributed by atoms with Crippen molar-refractivity contribution in [3.05, 3.63) is 155 Å². The maximum atomic E-state index is 14.1. The van der Waals surface area contributed by atoms with E-state index in [2.05, 4.69) is 19.8 Å². The molecule has 14 heteroatoms. The molecular weight excluding hydrogens is 675 g/mol. The number of thioether (sulfide) groups is 1. The largest absolute Gasteiger partial charge is 0.543 e. The minimum absolute atomic E-state index is 0.0921. The van der Waals surface area contributed by atoms with Crippen molar-refractivity contribution in [2.24, 2.45) is 5.16 Å². The lowest BCUT2D eigenvalue weighted by atomic mass is 9.80. The minimum Gasteiger partial charge on any atom is -0.543 e. The molecule has 1 saturated heterocycles. The number of nitrogen functional groups attached to an aromatic ring is 1. The summed E-state index contributed by atoms with van der Waals surface area (Å²) in [7, 11) is 0. The first-order valence-corrected chi connectivity index (χ1v) is 17.3. The fourth-order valence-electron chi connectivity index (χ4n) is 6.07. The van der Waals surface area contributed by atoms with Gasteiger partial charge in [-0.15, -0.1) is 11.8 Å². The number of hydrogen-bond acceptors (Lipinski definition) is 11. The van der Waals surface area contributed by atoms with Crippen molar-refractivity contribution in [1.29, 1.82) is 0 Å². The monoisotopic (exact) mass is 703 g/mol. The zero-order chi connectivity index (χ0) is 34.7. The molecule has 0 bridgehead atoms. The van der Waals surface area contributed by atoms with E-state index in [1.807, 2.05) is 126 Å². The molecule has 0 aliphatic carbocycles. The van der Waals surface area contributed by atoms with Crippen molar-refractivity contribution in [2.75, 3.05) is 11.5 Å². The number of pyridine rings is 1. The number of aromatic nitrogens is 3. The van der Waals surface area contributed by atoms with Crippen LogP contribution in [0.2, 0.25) is 0 Å². The number of rotatable bonds is 11. The Balaban J connectivity index is 1.23. The number of β-lactam (4-membered cyclic amide) rings is 1. The number of anilines is 1. The van der Waals surface area contributed by atoms with E-state index < -0.39 is 34.8 Å². The van der Waals surface area contributed by atoms with Gasteiger partial charge in [-0.05, 0) is 0 Å². The quantitative estimate of drug-likeness (QED) is 0.0690. The van der Waals surface area contributed by atoms with E-state index in [9.17, 15) is 19.5 Å². The van der Waals surface area contributed by atoms with Crippen LogP contribution < -0.4 is 20.7 Å². The van der Waals surface area contributed by atoms with Gasteiger partial charge < -0.3 is 25.8 Å². The molecule has 2 aromatic heterocycles. The normalized spacial score (nSPS) is 17.5. The molecule has 0 spiro atoms. The van der Waals surface area contributed by atoms with E-state index in [-0.39, 0.29) is 28.9 Å². The summed E-state index contributed by atoms with van der Waals surface area (Å²) in [5.41, 5.74) is 6.83. The number of nitrogens with one attached hydrogen (secondary N) is 1. The Labute approximate surface area is 295 Å². The third kappa shape index (κ3) is 6.10.